The predicted octanol–water partition coefficient (Wildman–Crippen LogP) is 6.30. The van der Waals surface area contributed by atoms with Gasteiger partial charge in [-0.15, -0.1) is 0 Å². The molecule has 10 nitrogen and oxygen atoms in total. The number of hydrogen-bond acceptors (Lipinski definition) is 9. The Labute approximate surface area is 275 Å². The van der Waals surface area contributed by atoms with Crippen LogP contribution in [0.15, 0.2) is 140 Å². The Hall–Kier alpha value is -6.13. The van der Waals surface area contributed by atoms with E-state index >= 15 is 0 Å². The van der Waals surface area contributed by atoms with Gasteiger partial charge in [-0.05, 0) is 60.2 Å². The number of imidazole rings is 1. The molecule has 0 amide bonds. The second-order valence-corrected chi connectivity index (χ2v) is 11.1. The minimum Gasteiger partial charge on any atom is -0.459 e. The number of fused-ring (bicyclic) bond motifs is 1. The van der Waals surface area contributed by atoms with E-state index in [-0.39, 0.29) is 6.61 Å². The molecule has 7 rings (SSSR count). The molecule has 0 spiro atoms. The van der Waals surface area contributed by atoms with Crippen molar-refractivity contribution in [2.45, 2.75) is 24.5 Å². The zero-order chi connectivity index (χ0) is 32.9. The number of rotatable bonds is 9. The normalized spacial score (nSPS) is 18.7. The largest absolute Gasteiger partial charge is 0.459 e. The molecule has 0 bridgehead atoms. The number of hydrogen-bond donors (Lipinski definition) is 0. The van der Waals surface area contributed by atoms with Crippen molar-refractivity contribution in [1.82, 2.24) is 14.5 Å². The van der Waals surface area contributed by atoms with Crippen LogP contribution in [0, 0.1) is 0 Å². The van der Waals surface area contributed by atoms with E-state index in [9.17, 15) is 14.4 Å². The summed E-state index contributed by atoms with van der Waals surface area (Å²) in [4.78, 5) is 48.8. The number of ether oxygens (including phenoxy) is 4. The maximum Gasteiger partial charge on any atom is 0.338 e. The Morgan fingerprint density at radius 1 is 0.667 bits per heavy atom. The summed E-state index contributed by atoms with van der Waals surface area (Å²) in [7, 11) is 0. The Morgan fingerprint density at radius 2 is 1.27 bits per heavy atom. The number of aromatic nitrogens is 3. The van der Waals surface area contributed by atoms with Gasteiger partial charge in [0.25, 0.3) is 0 Å². The maximum absolute atomic E-state index is 13.5. The van der Waals surface area contributed by atoms with E-state index in [4.69, 9.17) is 18.9 Å². The summed E-state index contributed by atoms with van der Waals surface area (Å²) in [6.07, 6.45) is 0.688. The molecule has 1 saturated heterocycles. The van der Waals surface area contributed by atoms with E-state index in [1.54, 1.807) is 114 Å². The molecule has 3 heterocycles. The van der Waals surface area contributed by atoms with E-state index in [2.05, 4.69) is 9.97 Å². The third kappa shape index (κ3) is 6.42. The second-order valence-electron chi connectivity index (χ2n) is 11.1. The summed E-state index contributed by atoms with van der Waals surface area (Å²) in [5.74, 6) is -1.88. The zero-order valence-electron chi connectivity index (χ0n) is 25.5. The van der Waals surface area contributed by atoms with Crippen LogP contribution in [-0.2, 0) is 18.9 Å². The summed E-state index contributed by atoms with van der Waals surface area (Å²) in [6.45, 7) is -0.288. The van der Waals surface area contributed by atoms with Gasteiger partial charge >= 0.3 is 17.9 Å². The highest BCUT2D eigenvalue weighted by Gasteiger charge is 2.51. The quantitative estimate of drug-likeness (QED) is 0.133. The number of nitrogens with zero attached hydrogens (tertiary/aromatic N) is 3. The molecule has 238 valence electrons. The molecule has 0 N–H and O–H groups in total. The molecule has 0 aliphatic carbocycles. The molecule has 4 aromatic carbocycles. The van der Waals surface area contributed by atoms with Crippen LogP contribution in [0.25, 0.3) is 22.2 Å². The fraction of sp³-hybridized carbons (Fsp3) is 0.132. The van der Waals surface area contributed by atoms with Gasteiger partial charge in [0.15, 0.2) is 18.4 Å². The monoisotopic (exact) mass is 639 g/mol. The van der Waals surface area contributed by atoms with Crippen LogP contribution in [0.1, 0.15) is 37.3 Å². The smallest absolute Gasteiger partial charge is 0.338 e. The molecular weight excluding hydrogens is 610 g/mol. The molecule has 48 heavy (non-hydrogen) atoms. The van der Waals surface area contributed by atoms with Gasteiger partial charge in [0, 0.05) is 18.0 Å². The first-order valence-electron chi connectivity index (χ1n) is 15.3. The van der Waals surface area contributed by atoms with Crippen molar-refractivity contribution in [2.75, 3.05) is 6.61 Å². The molecule has 1 aliphatic heterocycles. The fourth-order valence-corrected chi connectivity index (χ4v) is 5.62. The molecule has 0 unspecified atom stereocenters. The average molecular weight is 640 g/mol. The molecule has 2 aromatic heterocycles. The van der Waals surface area contributed by atoms with E-state index in [0.717, 1.165) is 11.1 Å². The van der Waals surface area contributed by atoms with Gasteiger partial charge in [0.1, 0.15) is 12.7 Å². The predicted molar refractivity (Wildman–Crippen MR) is 175 cm³/mol. The van der Waals surface area contributed by atoms with Gasteiger partial charge in [-0.2, -0.15) is 0 Å². The molecule has 4 atom stereocenters. The summed E-state index contributed by atoms with van der Waals surface area (Å²) in [5.41, 5.74) is 4.07. The second kappa shape index (κ2) is 13.7. The van der Waals surface area contributed by atoms with Crippen molar-refractivity contribution < 1.29 is 33.3 Å². The molecular formula is C38H29N3O7. The average Bonchev–Trinajstić information content (AvgIpc) is 3.72. The highest BCUT2D eigenvalue weighted by atomic mass is 16.7. The summed E-state index contributed by atoms with van der Waals surface area (Å²) in [5, 5.41) is 0. The summed E-state index contributed by atoms with van der Waals surface area (Å²) < 4.78 is 26.1. The van der Waals surface area contributed by atoms with E-state index < -0.39 is 42.4 Å². The van der Waals surface area contributed by atoms with Crippen LogP contribution >= 0.6 is 0 Å². The van der Waals surface area contributed by atoms with E-state index in [1.165, 1.54) is 0 Å². The Balaban J connectivity index is 1.28. The SMILES string of the molecule is O=C(OC[C@H]1O[C@@H](n2cnc3ccc(-c4cccnc4)cc32)[C@H](OC(=O)c2ccccc2)[C@@H]1OC(=O)c1ccccc1)c1ccccc1. The van der Waals surface area contributed by atoms with Gasteiger partial charge in [-0.1, -0.05) is 66.7 Å². The van der Waals surface area contributed by atoms with Crippen LogP contribution in [0.4, 0.5) is 0 Å². The number of pyridine rings is 1. The third-order valence-electron chi connectivity index (χ3n) is 8.02. The van der Waals surface area contributed by atoms with E-state index in [1.807, 2.05) is 30.3 Å². The van der Waals surface area contributed by atoms with Crippen LogP contribution in [0.3, 0.4) is 0 Å². The van der Waals surface area contributed by atoms with Gasteiger partial charge in [-0.3, -0.25) is 4.98 Å². The van der Waals surface area contributed by atoms with Crippen molar-refractivity contribution in [2.24, 2.45) is 0 Å². The number of carbonyl (C=O) groups excluding carboxylic acids is 3. The van der Waals surface area contributed by atoms with Crippen LogP contribution in [0.5, 0.6) is 0 Å². The molecule has 1 fully saturated rings. The highest BCUT2D eigenvalue weighted by Crippen LogP contribution is 2.38. The lowest BCUT2D eigenvalue weighted by Crippen LogP contribution is -2.41. The Morgan fingerprint density at radius 3 is 1.88 bits per heavy atom. The van der Waals surface area contributed by atoms with Crippen LogP contribution in [-0.4, -0.2) is 57.4 Å². The number of esters is 3. The van der Waals surface area contributed by atoms with Gasteiger partial charge in [0.05, 0.1) is 34.1 Å². The molecule has 0 saturated carbocycles. The van der Waals surface area contributed by atoms with Crippen molar-refractivity contribution in [3.63, 3.8) is 0 Å². The Bertz CT molecular complexity index is 2040. The van der Waals surface area contributed by atoms with Crippen molar-refractivity contribution in [3.8, 4) is 11.1 Å². The zero-order valence-corrected chi connectivity index (χ0v) is 25.5. The first-order chi connectivity index (χ1) is 23.5. The summed E-state index contributed by atoms with van der Waals surface area (Å²) in [6, 6.07) is 35.0. The molecule has 1 aliphatic rings. The van der Waals surface area contributed by atoms with Crippen molar-refractivity contribution in [3.05, 3.63) is 157 Å². The Kier molecular flexibility index (Phi) is 8.71. The van der Waals surface area contributed by atoms with Gasteiger partial charge < -0.3 is 23.5 Å². The summed E-state index contributed by atoms with van der Waals surface area (Å²) >= 11 is 0. The first kappa shape index (κ1) is 30.5. The van der Waals surface area contributed by atoms with Crippen molar-refractivity contribution >= 4 is 28.9 Å². The topological polar surface area (TPSA) is 119 Å². The van der Waals surface area contributed by atoms with E-state index in [0.29, 0.717) is 27.7 Å². The minimum atomic E-state index is -1.17. The highest BCUT2D eigenvalue weighted by molar-refractivity contribution is 5.91. The molecule has 0 radical (unpaired) electrons. The van der Waals surface area contributed by atoms with Gasteiger partial charge in [-0.25, -0.2) is 19.4 Å². The standard InChI is InChI=1S/C38H29N3O7/c42-36(25-11-4-1-5-12-25)45-23-32-33(47-37(43)26-13-6-2-7-14-26)34(48-38(44)27-15-8-3-9-16-27)35(46-32)41-24-40-30-19-18-28(21-31(30)41)29-17-10-20-39-22-29/h1-22,24,32-35H,23H2/t32-,33-,34-,35-/m1/s1. The lowest BCUT2D eigenvalue weighted by Gasteiger charge is -2.25. The number of carbonyl (C=O) groups is 3. The lowest BCUT2D eigenvalue weighted by molar-refractivity contribution is -0.0604. The fourth-order valence-electron chi connectivity index (χ4n) is 5.62. The van der Waals surface area contributed by atoms with Crippen LogP contribution < -0.4 is 0 Å². The maximum atomic E-state index is 13.5. The minimum absolute atomic E-state index is 0.288. The van der Waals surface area contributed by atoms with Gasteiger partial charge in [0.2, 0.25) is 0 Å². The first-order valence-corrected chi connectivity index (χ1v) is 15.3. The molecule has 6 aromatic rings. The third-order valence-corrected chi connectivity index (χ3v) is 8.02. The lowest BCUT2D eigenvalue weighted by atomic mass is 10.1. The number of benzene rings is 4. The van der Waals surface area contributed by atoms with Crippen molar-refractivity contribution in [1.29, 1.82) is 0 Å². The molecule has 10 heteroatoms. The van der Waals surface area contributed by atoms with Crippen LogP contribution in [0.2, 0.25) is 0 Å².